The van der Waals surface area contributed by atoms with Crippen molar-refractivity contribution in [2.75, 3.05) is 19.7 Å². The molecule has 1 aromatic rings. The lowest BCUT2D eigenvalue weighted by Gasteiger charge is -2.41. The van der Waals surface area contributed by atoms with Crippen molar-refractivity contribution >= 4 is 11.3 Å². The van der Waals surface area contributed by atoms with Gasteiger partial charge in [-0.2, -0.15) is 0 Å². The third-order valence-corrected chi connectivity index (χ3v) is 4.46. The third-order valence-electron chi connectivity index (χ3n) is 3.70. The van der Waals surface area contributed by atoms with Crippen molar-refractivity contribution in [3.05, 3.63) is 16.6 Å². The SMILES string of the molecule is CCC[C@]1(CO)CCCN(Cc2nccs2)C1. The van der Waals surface area contributed by atoms with E-state index in [2.05, 4.69) is 16.8 Å². The van der Waals surface area contributed by atoms with Crippen LogP contribution in [0.1, 0.15) is 37.6 Å². The molecule has 1 aliphatic rings. The number of aliphatic hydroxyl groups is 1. The smallest absolute Gasteiger partial charge is 0.107 e. The van der Waals surface area contributed by atoms with Gasteiger partial charge in [-0.05, 0) is 25.8 Å². The molecule has 1 aliphatic heterocycles. The molecule has 1 N–H and O–H groups in total. The van der Waals surface area contributed by atoms with Crippen LogP contribution in [-0.2, 0) is 6.54 Å². The molecule has 3 nitrogen and oxygen atoms in total. The van der Waals surface area contributed by atoms with Crippen LogP contribution >= 0.6 is 11.3 Å². The summed E-state index contributed by atoms with van der Waals surface area (Å²) in [5, 5.41) is 12.9. The molecule has 0 unspecified atom stereocenters. The summed E-state index contributed by atoms with van der Waals surface area (Å²) in [5.74, 6) is 0. The standard InChI is InChI=1S/C13H22N2OS/c1-2-4-13(11-16)5-3-7-15(10-13)9-12-14-6-8-17-12/h6,8,16H,2-5,7,9-11H2,1H3/t13-/m0/s1. The third kappa shape index (κ3) is 3.27. The molecule has 96 valence electrons. The van der Waals surface area contributed by atoms with Gasteiger partial charge in [0.05, 0.1) is 6.54 Å². The maximum atomic E-state index is 9.68. The molecule has 1 aromatic heterocycles. The average Bonchev–Trinajstić information content (AvgIpc) is 2.83. The lowest BCUT2D eigenvalue weighted by Crippen LogP contribution is -2.44. The molecule has 0 bridgehead atoms. The van der Waals surface area contributed by atoms with Gasteiger partial charge in [-0.3, -0.25) is 4.90 Å². The van der Waals surface area contributed by atoms with Crippen LogP contribution in [0.2, 0.25) is 0 Å². The summed E-state index contributed by atoms with van der Waals surface area (Å²) in [7, 11) is 0. The van der Waals surface area contributed by atoms with Gasteiger partial charge in [-0.1, -0.05) is 13.3 Å². The Kier molecular flexibility index (Phi) is 4.54. The van der Waals surface area contributed by atoms with Crippen LogP contribution in [0.4, 0.5) is 0 Å². The lowest BCUT2D eigenvalue weighted by molar-refractivity contribution is 0.0216. The summed E-state index contributed by atoms with van der Waals surface area (Å²) in [5.41, 5.74) is 0.143. The molecule has 4 heteroatoms. The van der Waals surface area contributed by atoms with E-state index in [1.165, 1.54) is 17.8 Å². The molecule has 0 spiro atoms. The molecule has 0 aliphatic carbocycles. The quantitative estimate of drug-likeness (QED) is 0.877. The Balaban J connectivity index is 1.96. The summed E-state index contributed by atoms with van der Waals surface area (Å²) in [6.07, 6.45) is 6.54. The summed E-state index contributed by atoms with van der Waals surface area (Å²) in [6, 6.07) is 0. The first kappa shape index (κ1) is 13.0. The van der Waals surface area contributed by atoms with Gasteiger partial charge in [-0.25, -0.2) is 4.98 Å². The number of hydrogen-bond acceptors (Lipinski definition) is 4. The molecule has 1 atom stereocenters. The summed E-state index contributed by atoms with van der Waals surface area (Å²) < 4.78 is 0. The van der Waals surface area contributed by atoms with Crippen LogP contribution in [-0.4, -0.2) is 34.7 Å². The predicted molar refractivity (Wildman–Crippen MR) is 71.1 cm³/mol. The molecule has 0 saturated carbocycles. The first-order valence-electron chi connectivity index (χ1n) is 6.49. The number of likely N-dealkylation sites (tertiary alicyclic amines) is 1. The van der Waals surface area contributed by atoms with Gasteiger partial charge >= 0.3 is 0 Å². The Labute approximate surface area is 107 Å². The zero-order valence-corrected chi connectivity index (χ0v) is 11.4. The summed E-state index contributed by atoms with van der Waals surface area (Å²) in [4.78, 5) is 6.80. The van der Waals surface area contributed by atoms with Crippen molar-refractivity contribution in [1.82, 2.24) is 9.88 Å². The van der Waals surface area contributed by atoms with Crippen molar-refractivity contribution in [2.24, 2.45) is 5.41 Å². The minimum atomic E-state index is 0.143. The largest absolute Gasteiger partial charge is 0.396 e. The Bertz CT molecular complexity index is 324. The lowest BCUT2D eigenvalue weighted by atomic mass is 9.77. The molecule has 2 rings (SSSR count). The Hall–Kier alpha value is -0.450. The molecule has 0 amide bonds. The Morgan fingerprint density at radius 1 is 1.59 bits per heavy atom. The van der Waals surface area contributed by atoms with E-state index in [4.69, 9.17) is 0 Å². The van der Waals surface area contributed by atoms with Crippen LogP contribution in [0.15, 0.2) is 11.6 Å². The molecular formula is C13H22N2OS. The molecule has 0 aromatic carbocycles. The number of aliphatic hydroxyl groups excluding tert-OH is 1. The topological polar surface area (TPSA) is 36.4 Å². The monoisotopic (exact) mass is 254 g/mol. The van der Waals surface area contributed by atoms with E-state index < -0.39 is 0 Å². The van der Waals surface area contributed by atoms with E-state index in [0.29, 0.717) is 6.61 Å². The predicted octanol–water partition coefficient (Wildman–Crippen LogP) is 2.52. The second-order valence-corrected chi connectivity index (χ2v) is 6.13. The fraction of sp³-hybridized carbons (Fsp3) is 0.769. The fourth-order valence-corrected chi connectivity index (χ4v) is 3.57. The minimum absolute atomic E-state index is 0.143. The summed E-state index contributed by atoms with van der Waals surface area (Å²) in [6.45, 7) is 5.65. The average molecular weight is 254 g/mol. The van der Waals surface area contributed by atoms with Crippen molar-refractivity contribution < 1.29 is 5.11 Å². The van der Waals surface area contributed by atoms with E-state index in [1.807, 2.05) is 11.6 Å². The van der Waals surface area contributed by atoms with Crippen molar-refractivity contribution in [2.45, 2.75) is 39.2 Å². The van der Waals surface area contributed by atoms with Crippen LogP contribution in [0.3, 0.4) is 0 Å². The molecule has 1 saturated heterocycles. The van der Waals surface area contributed by atoms with E-state index in [9.17, 15) is 5.11 Å². The number of hydrogen-bond donors (Lipinski definition) is 1. The highest BCUT2D eigenvalue weighted by atomic mass is 32.1. The first-order valence-corrected chi connectivity index (χ1v) is 7.37. The Morgan fingerprint density at radius 3 is 3.12 bits per heavy atom. The van der Waals surface area contributed by atoms with Crippen LogP contribution < -0.4 is 0 Å². The van der Waals surface area contributed by atoms with Crippen LogP contribution in [0, 0.1) is 5.41 Å². The second-order valence-electron chi connectivity index (χ2n) is 5.15. The zero-order valence-electron chi connectivity index (χ0n) is 10.6. The maximum Gasteiger partial charge on any atom is 0.107 e. The van der Waals surface area contributed by atoms with Gasteiger partial charge in [0.25, 0.3) is 0 Å². The second kappa shape index (κ2) is 5.94. The van der Waals surface area contributed by atoms with Crippen molar-refractivity contribution in [3.63, 3.8) is 0 Å². The van der Waals surface area contributed by atoms with Gasteiger partial charge in [0.15, 0.2) is 0 Å². The van der Waals surface area contributed by atoms with Gasteiger partial charge in [0.2, 0.25) is 0 Å². The number of thiazole rings is 1. The summed E-state index contributed by atoms with van der Waals surface area (Å²) >= 11 is 1.72. The highest BCUT2D eigenvalue weighted by molar-refractivity contribution is 7.09. The van der Waals surface area contributed by atoms with E-state index in [0.717, 1.165) is 32.5 Å². The number of nitrogens with zero attached hydrogens (tertiary/aromatic N) is 2. The van der Waals surface area contributed by atoms with E-state index >= 15 is 0 Å². The van der Waals surface area contributed by atoms with E-state index in [1.54, 1.807) is 11.3 Å². The fourth-order valence-electron chi connectivity index (χ4n) is 2.91. The molecule has 0 radical (unpaired) electrons. The van der Waals surface area contributed by atoms with Gasteiger partial charge in [-0.15, -0.1) is 11.3 Å². The van der Waals surface area contributed by atoms with Gasteiger partial charge < -0.3 is 5.11 Å². The molecular weight excluding hydrogens is 232 g/mol. The number of aromatic nitrogens is 1. The number of rotatable bonds is 5. The molecule has 2 heterocycles. The first-order chi connectivity index (χ1) is 8.28. The minimum Gasteiger partial charge on any atom is -0.396 e. The van der Waals surface area contributed by atoms with E-state index in [-0.39, 0.29) is 5.41 Å². The van der Waals surface area contributed by atoms with Gasteiger partial charge in [0, 0.05) is 30.1 Å². The van der Waals surface area contributed by atoms with Crippen molar-refractivity contribution in [1.29, 1.82) is 0 Å². The maximum absolute atomic E-state index is 9.68. The highest BCUT2D eigenvalue weighted by Crippen LogP contribution is 2.34. The molecule has 17 heavy (non-hydrogen) atoms. The number of piperidine rings is 1. The Morgan fingerprint density at radius 2 is 2.47 bits per heavy atom. The zero-order chi connectivity index (χ0) is 12.1. The van der Waals surface area contributed by atoms with Crippen molar-refractivity contribution in [3.8, 4) is 0 Å². The van der Waals surface area contributed by atoms with Crippen LogP contribution in [0.5, 0.6) is 0 Å². The normalized spacial score (nSPS) is 26.2. The highest BCUT2D eigenvalue weighted by Gasteiger charge is 2.34. The van der Waals surface area contributed by atoms with Crippen LogP contribution in [0.25, 0.3) is 0 Å². The molecule has 1 fully saturated rings. The van der Waals surface area contributed by atoms with Gasteiger partial charge in [0.1, 0.15) is 5.01 Å².